The summed E-state index contributed by atoms with van der Waals surface area (Å²) in [6.45, 7) is 3.57. The maximum Gasteiger partial charge on any atom is 0.333 e. The van der Waals surface area contributed by atoms with Gasteiger partial charge >= 0.3 is 5.97 Å². The van der Waals surface area contributed by atoms with Crippen molar-refractivity contribution in [2.24, 2.45) is 0 Å². The average Bonchev–Trinajstić information content (AvgIpc) is 3.11. The van der Waals surface area contributed by atoms with Crippen LogP contribution >= 0.6 is 0 Å². The third-order valence-corrected chi connectivity index (χ3v) is 3.59. The zero-order valence-electron chi connectivity index (χ0n) is 10.2. The van der Waals surface area contributed by atoms with E-state index in [0.29, 0.717) is 5.92 Å². The lowest BCUT2D eigenvalue weighted by Crippen LogP contribution is -2.40. The lowest BCUT2D eigenvalue weighted by molar-refractivity contribution is -0.150. The van der Waals surface area contributed by atoms with Gasteiger partial charge in [0.15, 0.2) is 6.10 Å². The van der Waals surface area contributed by atoms with Crippen molar-refractivity contribution in [3.63, 3.8) is 0 Å². The van der Waals surface area contributed by atoms with Crippen molar-refractivity contribution in [3.8, 4) is 0 Å². The van der Waals surface area contributed by atoms with Gasteiger partial charge in [0.05, 0.1) is 0 Å². The molecule has 1 unspecified atom stereocenters. The summed E-state index contributed by atoms with van der Waals surface area (Å²) in [5.74, 6) is -0.618. The second-order valence-electron chi connectivity index (χ2n) is 5.32. The third-order valence-electron chi connectivity index (χ3n) is 3.59. The number of carbonyl (C=O) groups is 1. The van der Waals surface area contributed by atoms with Gasteiger partial charge in [0.25, 0.3) is 0 Å². The Balaban J connectivity index is 2.41. The van der Waals surface area contributed by atoms with E-state index in [1.54, 1.807) is 13.8 Å². The van der Waals surface area contributed by atoms with Gasteiger partial charge in [-0.1, -0.05) is 38.1 Å². The Morgan fingerprint density at radius 1 is 1.35 bits per heavy atom. The van der Waals surface area contributed by atoms with E-state index in [2.05, 4.69) is 0 Å². The molecule has 1 aromatic carbocycles. The van der Waals surface area contributed by atoms with Crippen LogP contribution in [0.1, 0.15) is 43.7 Å². The summed E-state index contributed by atoms with van der Waals surface area (Å²) in [5.41, 5.74) is 1.39. The summed E-state index contributed by atoms with van der Waals surface area (Å²) in [5, 5.41) is 18.8. The minimum absolute atomic E-state index is 0.548. The number of aliphatic hydroxyl groups excluding tert-OH is 1. The first-order chi connectivity index (χ1) is 7.94. The summed E-state index contributed by atoms with van der Waals surface area (Å²) in [7, 11) is 0. The first-order valence-corrected chi connectivity index (χ1v) is 5.95. The zero-order valence-corrected chi connectivity index (χ0v) is 10.2. The summed E-state index contributed by atoms with van der Waals surface area (Å²) in [6.07, 6.45) is 0.953. The number of hydrogen-bond donors (Lipinski definition) is 2. The molecule has 1 aliphatic carbocycles. The van der Waals surface area contributed by atoms with Gasteiger partial charge < -0.3 is 10.2 Å². The van der Waals surface area contributed by atoms with Gasteiger partial charge in [0, 0.05) is 5.41 Å². The first kappa shape index (κ1) is 12.1. The number of carboxylic acids is 1. The molecule has 0 saturated heterocycles. The number of hydrogen-bond acceptors (Lipinski definition) is 2. The van der Waals surface area contributed by atoms with Crippen LogP contribution in [0.5, 0.6) is 0 Å². The summed E-state index contributed by atoms with van der Waals surface area (Å²) in [6, 6.07) is 7.85. The summed E-state index contributed by atoms with van der Waals surface area (Å²) in [4.78, 5) is 11.0. The van der Waals surface area contributed by atoms with E-state index in [4.69, 9.17) is 5.11 Å². The number of aliphatic carboxylic acids is 1. The highest BCUT2D eigenvalue weighted by atomic mass is 16.4. The molecular weight excluding hydrogens is 216 g/mol. The quantitative estimate of drug-likeness (QED) is 0.840. The normalized spacial score (nSPS) is 17.8. The van der Waals surface area contributed by atoms with Gasteiger partial charge in [0.2, 0.25) is 0 Å². The standard InChI is InChI=1S/C14H18O3/c1-14(2,12(15)13(16)17)11-6-4-3-5-10(11)9-7-8-9/h3-6,9,12,15H,7-8H2,1-2H3,(H,16,17). The first-order valence-electron chi connectivity index (χ1n) is 5.95. The molecule has 0 spiro atoms. The topological polar surface area (TPSA) is 57.5 Å². The molecule has 1 aliphatic rings. The van der Waals surface area contributed by atoms with Crippen molar-refractivity contribution >= 4 is 5.97 Å². The molecule has 1 atom stereocenters. The maximum atomic E-state index is 11.0. The monoisotopic (exact) mass is 234 g/mol. The molecular formula is C14H18O3. The van der Waals surface area contributed by atoms with Gasteiger partial charge in [-0.2, -0.15) is 0 Å². The molecule has 0 bridgehead atoms. The van der Waals surface area contributed by atoms with E-state index in [1.165, 1.54) is 5.56 Å². The molecule has 2 N–H and O–H groups in total. The Labute approximate surface area is 101 Å². The molecule has 0 radical (unpaired) electrons. The molecule has 2 rings (SSSR count). The molecule has 1 saturated carbocycles. The SMILES string of the molecule is CC(C)(c1ccccc1C1CC1)C(O)C(=O)O. The largest absolute Gasteiger partial charge is 0.479 e. The molecule has 0 heterocycles. The van der Waals surface area contributed by atoms with Crippen molar-refractivity contribution in [3.05, 3.63) is 35.4 Å². The summed E-state index contributed by atoms with van der Waals surface area (Å²) < 4.78 is 0. The average molecular weight is 234 g/mol. The molecule has 1 fully saturated rings. The van der Waals surface area contributed by atoms with Crippen molar-refractivity contribution in [2.45, 2.75) is 44.1 Å². The molecule has 1 aromatic rings. The van der Waals surface area contributed by atoms with E-state index in [1.807, 2.05) is 24.3 Å². The van der Waals surface area contributed by atoms with Crippen LogP contribution < -0.4 is 0 Å². The second kappa shape index (κ2) is 4.15. The molecule has 0 aromatic heterocycles. The van der Waals surface area contributed by atoms with Crippen molar-refractivity contribution in [2.75, 3.05) is 0 Å². The van der Waals surface area contributed by atoms with Crippen LogP contribution in [-0.2, 0) is 10.2 Å². The molecule has 0 aliphatic heterocycles. The Hall–Kier alpha value is -1.35. The Kier molecular flexibility index (Phi) is 2.96. The lowest BCUT2D eigenvalue weighted by atomic mass is 9.76. The number of benzene rings is 1. The van der Waals surface area contributed by atoms with E-state index < -0.39 is 17.5 Å². The van der Waals surface area contributed by atoms with Crippen molar-refractivity contribution in [1.82, 2.24) is 0 Å². The van der Waals surface area contributed by atoms with Crippen LogP contribution in [0.25, 0.3) is 0 Å². The van der Waals surface area contributed by atoms with Crippen molar-refractivity contribution < 1.29 is 15.0 Å². The Morgan fingerprint density at radius 2 is 1.94 bits per heavy atom. The smallest absolute Gasteiger partial charge is 0.333 e. The lowest BCUT2D eigenvalue weighted by Gasteiger charge is -2.30. The zero-order chi connectivity index (χ0) is 12.6. The van der Waals surface area contributed by atoms with E-state index in [0.717, 1.165) is 18.4 Å². The maximum absolute atomic E-state index is 11.0. The minimum atomic E-state index is -1.37. The number of carboxylic acid groups (broad SMARTS) is 1. The van der Waals surface area contributed by atoms with Crippen LogP contribution in [-0.4, -0.2) is 22.3 Å². The molecule has 0 amide bonds. The van der Waals surface area contributed by atoms with Crippen LogP contribution in [0.4, 0.5) is 0 Å². The highest BCUT2D eigenvalue weighted by Gasteiger charge is 2.39. The van der Waals surface area contributed by atoms with Crippen LogP contribution in [0.2, 0.25) is 0 Å². The Morgan fingerprint density at radius 3 is 2.47 bits per heavy atom. The van der Waals surface area contributed by atoms with Crippen LogP contribution in [0.3, 0.4) is 0 Å². The van der Waals surface area contributed by atoms with Crippen molar-refractivity contribution in [1.29, 1.82) is 0 Å². The fourth-order valence-corrected chi connectivity index (χ4v) is 2.29. The summed E-state index contributed by atoms with van der Waals surface area (Å²) >= 11 is 0. The van der Waals surface area contributed by atoms with E-state index in [-0.39, 0.29) is 0 Å². The fraction of sp³-hybridized carbons (Fsp3) is 0.500. The third kappa shape index (κ3) is 2.20. The van der Waals surface area contributed by atoms with Gasteiger partial charge in [-0.05, 0) is 29.9 Å². The van der Waals surface area contributed by atoms with Gasteiger partial charge in [-0.15, -0.1) is 0 Å². The van der Waals surface area contributed by atoms with E-state index in [9.17, 15) is 9.90 Å². The fourth-order valence-electron chi connectivity index (χ4n) is 2.29. The Bertz CT molecular complexity index is 433. The van der Waals surface area contributed by atoms with Gasteiger partial charge in [-0.3, -0.25) is 0 Å². The van der Waals surface area contributed by atoms with Crippen LogP contribution in [0, 0.1) is 0 Å². The highest BCUT2D eigenvalue weighted by molar-refractivity contribution is 5.74. The van der Waals surface area contributed by atoms with Gasteiger partial charge in [-0.25, -0.2) is 4.79 Å². The number of aliphatic hydroxyl groups is 1. The predicted molar refractivity (Wildman–Crippen MR) is 65.1 cm³/mol. The molecule has 3 heteroatoms. The molecule has 17 heavy (non-hydrogen) atoms. The van der Waals surface area contributed by atoms with Gasteiger partial charge in [0.1, 0.15) is 0 Å². The molecule has 92 valence electrons. The second-order valence-corrected chi connectivity index (χ2v) is 5.32. The number of rotatable bonds is 4. The van der Waals surface area contributed by atoms with E-state index >= 15 is 0 Å². The highest BCUT2D eigenvalue weighted by Crippen LogP contribution is 2.45. The minimum Gasteiger partial charge on any atom is -0.479 e. The van der Waals surface area contributed by atoms with Crippen LogP contribution in [0.15, 0.2) is 24.3 Å². The molecule has 3 nitrogen and oxygen atoms in total. The predicted octanol–water partition coefficient (Wildman–Crippen LogP) is 2.29.